The first kappa shape index (κ1) is 19.4. The third kappa shape index (κ3) is 4.10. The maximum Gasteiger partial charge on any atom is 0.253 e. The first-order chi connectivity index (χ1) is 14.1. The Morgan fingerprint density at radius 2 is 1.76 bits per heavy atom. The number of nitrogens with one attached hydrogen (secondary N) is 2. The minimum atomic E-state index is -0.312. The Kier molecular flexibility index (Phi) is 5.76. The van der Waals surface area contributed by atoms with Gasteiger partial charge in [-0.15, -0.1) is 0 Å². The predicted molar refractivity (Wildman–Crippen MR) is 113 cm³/mol. The molecule has 4 nitrogen and oxygen atoms in total. The summed E-state index contributed by atoms with van der Waals surface area (Å²) in [6.45, 7) is 5.86. The average Bonchev–Trinajstić information content (AvgIpc) is 3.37. The molecule has 2 N–H and O–H groups in total. The number of rotatable bonds is 6. The predicted octanol–water partition coefficient (Wildman–Crippen LogP) is 3.00. The molecule has 1 saturated heterocycles. The molecule has 0 radical (unpaired) electrons. The van der Waals surface area contributed by atoms with Gasteiger partial charge < -0.3 is 14.8 Å². The van der Waals surface area contributed by atoms with Crippen molar-refractivity contribution in [2.75, 3.05) is 26.2 Å². The lowest BCUT2D eigenvalue weighted by Gasteiger charge is -2.14. The smallest absolute Gasteiger partial charge is 0.253 e. The number of nitrogens with zero attached hydrogens (tertiary/aromatic N) is 1. The molecule has 0 saturated carbocycles. The van der Waals surface area contributed by atoms with E-state index in [-0.39, 0.29) is 11.7 Å². The number of carbonyl (C=O) groups is 1. The fourth-order valence-corrected chi connectivity index (χ4v) is 4.17. The van der Waals surface area contributed by atoms with E-state index in [4.69, 9.17) is 0 Å². The van der Waals surface area contributed by atoms with Gasteiger partial charge in [0, 0.05) is 18.5 Å². The van der Waals surface area contributed by atoms with E-state index in [1.165, 1.54) is 32.0 Å². The largest absolute Gasteiger partial charge is 0.346 e. The molecule has 1 aliphatic rings. The number of aromatic nitrogens is 1. The maximum atomic E-state index is 14.6. The molecule has 150 valence electrons. The number of para-hydroxylation sites is 1. The molecule has 0 spiro atoms. The van der Waals surface area contributed by atoms with Crippen LogP contribution >= 0.6 is 0 Å². The average molecular weight is 392 g/mol. The van der Waals surface area contributed by atoms with Crippen LogP contribution in [0.4, 0.5) is 4.39 Å². The second-order valence-corrected chi connectivity index (χ2v) is 7.64. The van der Waals surface area contributed by atoms with Crippen molar-refractivity contribution in [3.05, 3.63) is 77.7 Å². The lowest BCUT2D eigenvalue weighted by atomic mass is 10.1. The molecular weight excluding hydrogens is 365 g/mol. The van der Waals surface area contributed by atoms with Gasteiger partial charge in [-0.25, -0.2) is 4.39 Å². The normalized spacial score (nSPS) is 14.3. The molecule has 2 aromatic carbocycles. The maximum absolute atomic E-state index is 14.6. The molecular formula is C24H27FN3O+. The Bertz CT molecular complexity index is 991. The van der Waals surface area contributed by atoms with Crippen LogP contribution in [-0.2, 0) is 0 Å². The summed E-state index contributed by atoms with van der Waals surface area (Å²) >= 11 is 0. The summed E-state index contributed by atoms with van der Waals surface area (Å²) in [5.74, 6) is -0.415. The van der Waals surface area contributed by atoms with Crippen LogP contribution in [0.3, 0.4) is 0 Å². The van der Waals surface area contributed by atoms with Gasteiger partial charge in [0.05, 0.1) is 43.1 Å². The highest BCUT2D eigenvalue weighted by Crippen LogP contribution is 2.30. The zero-order chi connectivity index (χ0) is 20.2. The molecule has 0 aliphatic carbocycles. The van der Waals surface area contributed by atoms with Crippen LogP contribution in [0.1, 0.15) is 28.9 Å². The fraction of sp³-hybridized carbons (Fsp3) is 0.292. The second kappa shape index (κ2) is 8.62. The summed E-state index contributed by atoms with van der Waals surface area (Å²) in [6.07, 6.45) is 2.54. The second-order valence-electron chi connectivity index (χ2n) is 7.64. The third-order valence-corrected chi connectivity index (χ3v) is 5.73. The number of hydrogen-bond donors (Lipinski definition) is 2. The van der Waals surface area contributed by atoms with Crippen LogP contribution in [-0.4, -0.2) is 36.7 Å². The van der Waals surface area contributed by atoms with Crippen LogP contribution in [0.2, 0.25) is 0 Å². The van der Waals surface area contributed by atoms with Crippen molar-refractivity contribution in [3.8, 4) is 16.9 Å². The molecule has 29 heavy (non-hydrogen) atoms. The number of carbonyl (C=O) groups excluding carboxylic acids is 1. The van der Waals surface area contributed by atoms with Crippen molar-refractivity contribution in [1.82, 2.24) is 9.88 Å². The summed E-state index contributed by atoms with van der Waals surface area (Å²) in [4.78, 5) is 14.5. The summed E-state index contributed by atoms with van der Waals surface area (Å²) < 4.78 is 16.5. The van der Waals surface area contributed by atoms with Gasteiger partial charge in [-0.2, -0.15) is 0 Å². The summed E-state index contributed by atoms with van der Waals surface area (Å²) in [7, 11) is 0. The molecule has 0 unspecified atom stereocenters. The number of benzene rings is 2. The van der Waals surface area contributed by atoms with Gasteiger partial charge in [-0.1, -0.05) is 42.5 Å². The highest BCUT2D eigenvalue weighted by atomic mass is 19.1. The number of halogens is 1. The molecule has 3 aromatic rings. The zero-order valence-corrected chi connectivity index (χ0v) is 16.7. The number of amides is 1. The molecule has 2 heterocycles. The van der Waals surface area contributed by atoms with E-state index < -0.39 is 0 Å². The molecule has 1 aliphatic heterocycles. The van der Waals surface area contributed by atoms with Crippen molar-refractivity contribution in [2.45, 2.75) is 19.8 Å². The van der Waals surface area contributed by atoms with Crippen molar-refractivity contribution >= 4 is 5.91 Å². The van der Waals surface area contributed by atoms with E-state index in [1.807, 2.05) is 54.0 Å². The van der Waals surface area contributed by atoms with Gasteiger partial charge in [-0.05, 0) is 30.7 Å². The SMILES string of the molecule is Cc1c(C(=O)NCC[NH+]2CCCC2)cc(-c2ccccc2)n1-c1ccccc1F. The Labute approximate surface area is 171 Å². The van der Waals surface area contributed by atoms with E-state index in [1.54, 1.807) is 17.0 Å². The van der Waals surface area contributed by atoms with Crippen LogP contribution < -0.4 is 10.2 Å². The molecule has 1 amide bonds. The van der Waals surface area contributed by atoms with Gasteiger partial charge in [-0.3, -0.25) is 4.79 Å². The Hall–Kier alpha value is -2.92. The quantitative estimate of drug-likeness (QED) is 0.665. The molecule has 1 aromatic heterocycles. The number of likely N-dealkylation sites (tertiary alicyclic amines) is 1. The summed E-state index contributed by atoms with van der Waals surface area (Å²) in [6, 6.07) is 18.3. The molecule has 4 rings (SSSR count). The highest BCUT2D eigenvalue weighted by Gasteiger charge is 2.21. The van der Waals surface area contributed by atoms with Crippen molar-refractivity contribution in [2.24, 2.45) is 0 Å². The van der Waals surface area contributed by atoms with Crippen LogP contribution in [0.5, 0.6) is 0 Å². The summed E-state index contributed by atoms with van der Waals surface area (Å²) in [5.41, 5.74) is 3.52. The number of hydrogen-bond acceptors (Lipinski definition) is 1. The fourth-order valence-electron chi connectivity index (χ4n) is 4.17. The Morgan fingerprint density at radius 1 is 1.07 bits per heavy atom. The summed E-state index contributed by atoms with van der Waals surface area (Å²) in [5, 5.41) is 3.06. The monoisotopic (exact) mass is 392 g/mol. The van der Waals surface area contributed by atoms with Crippen molar-refractivity contribution < 1.29 is 14.1 Å². The lowest BCUT2D eigenvalue weighted by Crippen LogP contribution is -3.10. The van der Waals surface area contributed by atoms with Crippen LogP contribution in [0.15, 0.2) is 60.7 Å². The van der Waals surface area contributed by atoms with Gasteiger partial charge in [0.15, 0.2) is 0 Å². The first-order valence-corrected chi connectivity index (χ1v) is 10.3. The van der Waals surface area contributed by atoms with E-state index in [0.717, 1.165) is 23.5 Å². The van der Waals surface area contributed by atoms with Gasteiger partial charge in [0.2, 0.25) is 0 Å². The lowest BCUT2D eigenvalue weighted by molar-refractivity contribution is -0.886. The van der Waals surface area contributed by atoms with E-state index in [9.17, 15) is 9.18 Å². The van der Waals surface area contributed by atoms with Gasteiger partial charge in [0.25, 0.3) is 5.91 Å². The number of quaternary nitrogens is 1. The van der Waals surface area contributed by atoms with Gasteiger partial charge >= 0.3 is 0 Å². The topological polar surface area (TPSA) is 38.5 Å². The Morgan fingerprint density at radius 3 is 2.48 bits per heavy atom. The zero-order valence-electron chi connectivity index (χ0n) is 16.7. The molecule has 5 heteroatoms. The minimum absolute atomic E-state index is 0.103. The molecule has 0 atom stereocenters. The van der Waals surface area contributed by atoms with E-state index >= 15 is 0 Å². The van der Waals surface area contributed by atoms with E-state index in [0.29, 0.717) is 17.8 Å². The van der Waals surface area contributed by atoms with Crippen molar-refractivity contribution in [1.29, 1.82) is 0 Å². The highest BCUT2D eigenvalue weighted by molar-refractivity contribution is 5.97. The third-order valence-electron chi connectivity index (χ3n) is 5.73. The van der Waals surface area contributed by atoms with Crippen molar-refractivity contribution in [3.63, 3.8) is 0 Å². The molecule has 0 bridgehead atoms. The van der Waals surface area contributed by atoms with Crippen LogP contribution in [0, 0.1) is 12.7 Å². The molecule has 1 fully saturated rings. The van der Waals surface area contributed by atoms with Crippen LogP contribution in [0.25, 0.3) is 16.9 Å². The Balaban J connectivity index is 1.66. The first-order valence-electron chi connectivity index (χ1n) is 10.3. The minimum Gasteiger partial charge on any atom is -0.346 e. The van der Waals surface area contributed by atoms with Gasteiger partial charge in [0.1, 0.15) is 5.82 Å². The standard InChI is InChI=1S/C24H26FN3O/c1-18-20(24(29)26-13-16-27-14-7-8-15-27)17-23(19-9-3-2-4-10-19)28(18)22-12-6-5-11-21(22)25/h2-6,9-12,17H,7-8,13-16H2,1H3,(H,26,29)/p+1. The van der Waals surface area contributed by atoms with E-state index in [2.05, 4.69) is 5.32 Å².